The maximum atomic E-state index is 5.89. The Kier molecular flexibility index (Phi) is 4.96. The first kappa shape index (κ1) is 11.1. The summed E-state index contributed by atoms with van der Waals surface area (Å²) in [4.78, 5) is 0. The molecule has 0 fully saturated rings. The monoisotopic (exact) mass is 187 g/mol. The number of allylic oxidation sites excluding steroid dienone is 1. The molecule has 0 aliphatic carbocycles. The van der Waals surface area contributed by atoms with Crippen LogP contribution in [0.1, 0.15) is 13.3 Å². The van der Waals surface area contributed by atoms with E-state index in [2.05, 4.69) is 44.9 Å². The van der Waals surface area contributed by atoms with Crippen molar-refractivity contribution >= 4 is 17.4 Å². The molecule has 0 spiro atoms. The van der Waals surface area contributed by atoms with Gasteiger partial charge >= 0.3 is 0 Å². The fraction of sp³-hybridized carbons (Fsp3) is 0.750. The van der Waals surface area contributed by atoms with Crippen molar-refractivity contribution in [2.24, 2.45) is 0 Å². The quantitative estimate of drug-likeness (QED) is 0.615. The SMILES string of the molecule is CCC=C[Si](C)O[Si](C)(C)C. The average molecular weight is 187 g/mol. The summed E-state index contributed by atoms with van der Waals surface area (Å²) in [5, 5.41) is 0. The summed E-state index contributed by atoms with van der Waals surface area (Å²) in [7, 11) is -1.90. The van der Waals surface area contributed by atoms with E-state index in [1.807, 2.05) is 0 Å². The summed E-state index contributed by atoms with van der Waals surface area (Å²) in [5.74, 6) is 0. The molecule has 65 valence electrons. The average Bonchev–Trinajstić information content (AvgIpc) is 1.79. The van der Waals surface area contributed by atoms with E-state index >= 15 is 0 Å². The zero-order chi connectivity index (χ0) is 8.91. The summed E-state index contributed by atoms with van der Waals surface area (Å²) >= 11 is 0. The Bertz CT molecular complexity index is 127. The maximum Gasteiger partial charge on any atom is 0.223 e. The minimum atomic E-state index is -1.28. The van der Waals surface area contributed by atoms with Gasteiger partial charge in [-0.15, -0.1) is 0 Å². The second-order valence-electron chi connectivity index (χ2n) is 3.64. The molecule has 0 aliphatic rings. The maximum absolute atomic E-state index is 5.89. The van der Waals surface area contributed by atoms with Crippen LogP contribution in [0.3, 0.4) is 0 Å². The minimum Gasteiger partial charge on any atom is -0.453 e. The number of rotatable bonds is 4. The van der Waals surface area contributed by atoms with Crippen LogP contribution >= 0.6 is 0 Å². The first-order valence-corrected chi connectivity index (χ1v) is 9.54. The molecule has 11 heavy (non-hydrogen) atoms. The molecule has 0 atom stereocenters. The molecule has 0 aromatic rings. The van der Waals surface area contributed by atoms with Gasteiger partial charge < -0.3 is 4.12 Å². The predicted molar refractivity (Wildman–Crippen MR) is 55.5 cm³/mol. The summed E-state index contributed by atoms with van der Waals surface area (Å²) in [6.45, 7) is 11.1. The summed E-state index contributed by atoms with van der Waals surface area (Å²) < 4.78 is 5.89. The van der Waals surface area contributed by atoms with Gasteiger partial charge in [0.2, 0.25) is 9.04 Å². The largest absolute Gasteiger partial charge is 0.453 e. The zero-order valence-corrected chi connectivity index (χ0v) is 10.3. The van der Waals surface area contributed by atoms with Crippen LogP contribution in [-0.2, 0) is 4.12 Å². The predicted octanol–water partition coefficient (Wildman–Crippen LogP) is 2.96. The highest BCUT2D eigenvalue weighted by Gasteiger charge is 2.17. The normalized spacial score (nSPS) is 13.3. The van der Waals surface area contributed by atoms with Crippen LogP contribution in [-0.4, -0.2) is 17.4 Å². The van der Waals surface area contributed by atoms with Gasteiger partial charge in [0.25, 0.3) is 0 Å². The molecule has 0 unspecified atom stereocenters. The lowest BCUT2D eigenvalue weighted by atomic mass is 10.5. The van der Waals surface area contributed by atoms with Gasteiger partial charge in [0, 0.05) is 0 Å². The number of hydrogen-bond donors (Lipinski definition) is 0. The third-order valence-corrected chi connectivity index (χ3v) is 5.50. The van der Waals surface area contributed by atoms with Gasteiger partial charge in [-0.1, -0.05) is 18.7 Å². The minimum absolute atomic E-state index is 0.628. The van der Waals surface area contributed by atoms with Gasteiger partial charge in [-0.2, -0.15) is 0 Å². The van der Waals surface area contributed by atoms with Crippen molar-refractivity contribution in [2.45, 2.75) is 39.5 Å². The third-order valence-electron chi connectivity index (χ3n) is 1.06. The van der Waals surface area contributed by atoms with E-state index in [1.54, 1.807) is 0 Å². The molecule has 0 bridgehead atoms. The smallest absolute Gasteiger partial charge is 0.223 e. The standard InChI is InChI=1S/C8H19OSi2/c1-6-7-8-10(2)9-11(3,4)5/h7-8H,6H2,1-5H3. The van der Waals surface area contributed by atoms with Gasteiger partial charge in [-0.25, -0.2) is 0 Å². The molecule has 0 aromatic heterocycles. The molecule has 0 aliphatic heterocycles. The van der Waals surface area contributed by atoms with E-state index in [1.165, 1.54) is 0 Å². The topological polar surface area (TPSA) is 9.23 Å². The molecule has 0 heterocycles. The molecule has 3 heteroatoms. The van der Waals surface area contributed by atoms with Crippen LogP contribution in [0.25, 0.3) is 0 Å². The first-order chi connectivity index (χ1) is 4.95. The van der Waals surface area contributed by atoms with E-state index in [0.717, 1.165) is 6.42 Å². The van der Waals surface area contributed by atoms with E-state index in [4.69, 9.17) is 4.12 Å². The van der Waals surface area contributed by atoms with Crippen molar-refractivity contribution in [3.63, 3.8) is 0 Å². The van der Waals surface area contributed by atoms with Gasteiger partial charge in [0.15, 0.2) is 8.32 Å². The van der Waals surface area contributed by atoms with Crippen molar-refractivity contribution in [1.29, 1.82) is 0 Å². The Morgan fingerprint density at radius 1 is 1.36 bits per heavy atom. The van der Waals surface area contributed by atoms with Crippen LogP contribution < -0.4 is 0 Å². The molecule has 0 rings (SSSR count). The zero-order valence-electron chi connectivity index (χ0n) is 8.27. The lowest BCUT2D eigenvalue weighted by molar-refractivity contribution is 0.588. The lowest BCUT2D eigenvalue weighted by Gasteiger charge is -2.20. The van der Waals surface area contributed by atoms with Gasteiger partial charge in [0.1, 0.15) is 0 Å². The Balaban J connectivity index is 3.69. The second-order valence-corrected chi connectivity index (χ2v) is 10.2. The third kappa shape index (κ3) is 8.04. The summed E-state index contributed by atoms with van der Waals surface area (Å²) in [5.41, 5.74) is 2.24. The highest BCUT2D eigenvalue weighted by Crippen LogP contribution is 2.05. The van der Waals surface area contributed by atoms with Crippen molar-refractivity contribution in [1.82, 2.24) is 0 Å². The summed E-state index contributed by atoms with van der Waals surface area (Å²) in [6, 6.07) is 0. The second kappa shape index (κ2) is 4.90. The molecular weight excluding hydrogens is 168 g/mol. The molecule has 0 saturated carbocycles. The number of hydrogen-bond acceptors (Lipinski definition) is 1. The molecule has 0 amide bonds. The molecule has 1 radical (unpaired) electrons. The Hall–Kier alpha value is 0.134. The van der Waals surface area contributed by atoms with E-state index in [-0.39, 0.29) is 0 Å². The van der Waals surface area contributed by atoms with Crippen LogP contribution in [0.2, 0.25) is 26.2 Å². The molecule has 0 aromatic carbocycles. The van der Waals surface area contributed by atoms with Crippen molar-refractivity contribution < 1.29 is 4.12 Å². The van der Waals surface area contributed by atoms with E-state index in [9.17, 15) is 0 Å². The van der Waals surface area contributed by atoms with Crippen molar-refractivity contribution in [3.8, 4) is 0 Å². The van der Waals surface area contributed by atoms with Gasteiger partial charge in [-0.3, -0.25) is 0 Å². The highest BCUT2D eigenvalue weighted by molar-refractivity contribution is 6.78. The van der Waals surface area contributed by atoms with Crippen molar-refractivity contribution in [3.05, 3.63) is 11.8 Å². The molecule has 0 N–H and O–H groups in total. The molecule has 0 saturated heterocycles. The van der Waals surface area contributed by atoms with Crippen LogP contribution in [0.4, 0.5) is 0 Å². The molecule has 1 nitrogen and oxygen atoms in total. The molecular formula is C8H19OSi2. The van der Waals surface area contributed by atoms with Gasteiger partial charge in [0.05, 0.1) is 0 Å². The van der Waals surface area contributed by atoms with Crippen LogP contribution in [0.5, 0.6) is 0 Å². The van der Waals surface area contributed by atoms with E-state index < -0.39 is 17.4 Å². The Morgan fingerprint density at radius 2 is 1.91 bits per heavy atom. The van der Waals surface area contributed by atoms with Gasteiger partial charge in [-0.05, 0) is 32.6 Å². The Morgan fingerprint density at radius 3 is 2.27 bits per heavy atom. The fourth-order valence-electron chi connectivity index (χ4n) is 0.801. The Labute approximate surface area is 73.3 Å². The van der Waals surface area contributed by atoms with E-state index in [0.29, 0.717) is 0 Å². The lowest BCUT2D eigenvalue weighted by Crippen LogP contribution is -2.32. The fourth-order valence-corrected chi connectivity index (χ4v) is 5.50. The summed E-state index contributed by atoms with van der Waals surface area (Å²) in [6.07, 6.45) is 3.32. The highest BCUT2D eigenvalue weighted by atomic mass is 28.4. The van der Waals surface area contributed by atoms with Crippen LogP contribution in [0, 0.1) is 0 Å². The van der Waals surface area contributed by atoms with Crippen LogP contribution in [0.15, 0.2) is 11.8 Å². The first-order valence-electron chi connectivity index (χ1n) is 4.15. The van der Waals surface area contributed by atoms with Crippen molar-refractivity contribution in [2.75, 3.05) is 0 Å².